The fraction of sp³-hybridized carbons (Fsp3) is 0.0870. The van der Waals surface area contributed by atoms with Crippen molar-refractivity contribution in [2.75, 3.05) is 0 Å². The van der Waals surface area contributed by atoms with Crippen LogP contribution in [0.15, 0.2) is 66.7 Å². The number of aryl methyl sites for hydroxylation is 1. The molecule has 0 saturated heterocycles. The molecule has 3 rings (SSSR count). The third-order valence-corrected chi connectivity index (χ3v) is 4.09. The van der Waals surface area contributed by atoms with Crippen molar-refractivity contribution in [3.05, 3.63) is 99.6 Å². The topological polar surface area (TPSA) is 33.0 Å². The second-order valence-corrected chi connectivity index (χ2v) is 6.25. The van der Waals surface area contributed by atoms with Crippen LogP contribution in [-0.4, -0.2) is 0 Å². The van der Waals surface area contributed by atoms with Gasteiger partial charge in [0.15, 0.2) is 0 Å². The van der Waals surface area contributed by atoms with Crippen LogP contribution in [0.5, 0.6) is 5.75 Å². The molecule has 3 aromatic rings. The van der Waals surface area contributed by atoms with Crippen LogP contribution in [0.25, 0.3) is 0 Å². The molecule has 3 aromatic carbocycles. The van der Waals surface area contributed by atoms with Gasteiger partial charge in [-0.3, -0.25) is 0 Å². The Morgan fingerprint density at radius 2 is 1.69 bits per heavy atom. The van der Waals surface area contributed by atoms with Crippen molar-refractivity contribution < 1.29 is 4.74 Å². The van der Waals surface area contributed by atoms with E-state index >= 15 is 0 Å². The lowest BCUT2D eigenvalue weighted by Gasteiger charge is -2.10. The van der Waals surface area contributed by atoms with Crippen molar-refractivity contribution in [3.8, 4) is 23.7 Å². The molecule has 26 heavy (non-hydrogen) atoms. The highest BCUT2D eigenvalue weighted by atomic mass is 35.5. The summed E-state index contributed by atoms with van der Waals surface area (Å²) in [7, 11) is 0. The number of ether oxygens (including phenoxy) is 1. The zero-order chi connectivity index (χ0) is 18.4. The van der Waals surface area contributed by atoms with Crippen LogP contribution in [0.2, 0.25) is 5.02 Å². The fourth-order valence-corrected chi connectivity index (χ4v) is 2.58. The van der Waals surface area contributed by atoms with E-state index in [1.807, 2.05) is 73.7 Å². The molecule has 0 bridgehead atoms. The molecule has 0 unspecified atom stereocenters. The summed E-state index contributed by atoms with van der Waals surface area (Å²) in [5, 5.41) is 9.95. The molecule has 0 N–H and O–H groups in total. The Hall–Kier alpha value is -3.20. The number of rotatable bonds is 3. The van der Waals surface area contributed by atoms with Crippen LogP contribution < -0.4 is 4.74 Å². The first-order valence-electron chi connectivity index (χ1n) is 8.15. The van der Waals surface area contributed by atoms with Gasteiger partial charge in [-0.25, -0.2) is 0 Å². The van der Waals surface area contributed by atoms with Gasteiger partial charge in [-0.05, 0) is 55.0 Å². The van der Waals surface area contributed by atoms with Gasteiger partial charge in [-0.1, -0.05) is 47.7 Å². The van der Waals surface area contributed by atoms with Gasteiger partial charge in [0, 0.05) is 21.7 Å². The number of nitriles is 1. The van der Waals surface area contributed by atoms with Gasteiger partial charge in [0.25, 0.3) is 0 Å². The average Bonchev–Trinajstić information content (AvgIpc) is 2.67. The normalized spacial score (nSPS) is 9.73. The summed E-state index contributed by atoms with van der Waals surface area (Å²) in [5.74, 6) is 6.91. The first kappa shape index (κ1) is 17.6. The van der Waals surface area contributed by atoms with E-state index in [0.717, 1.165) is 22.3 Å². The summed E-state index contributed by atoms with van der Waals surface area (Å²) >= 11 is 5.90. The predicted molar refractivity (Wildman–Crippen MR) is 104 cm³/mol. The molecule has 0 spiro atoms. The number of hydrogen-bond acceptors (Lipinski definition) is 2. The molecule has 0 amide bonds. The molecule has 0 radical (unpaired) electrons. The molecule has 0 aliphatic carbocycles. The van der Waals surface area contributed by atoms with Crippen LogP contribution >= 0.6 is 11.6 Å². The minimum Gasteiger partial charge on any atom is -0.487 e. The molecule has 126 valence electrons. The van der Waals surface area contributed by atoms with Crippen molar-refractivity contribution in [1.82, 2.24) is 0 Å². The monoisotopic (exact) mass is 357 g/mol. The van der Waals surface area contributed by atoms with Crippen molar-refractivity contribution in [3.63, 3.8) is 0 Å². The lowest BCUT2D eigenvalue weighted by molar-refractivity contribution is 0.305. The molecule has 0 heterocycles. The van der Waals surface area contributed by atoms with Crippen LogP contribution in [0, 0.1) is 30.1 Å². The van der Waals surface area contributed by atoms with Crippen molar-refractivity contribution >= 4 is 11.6 Å². The van der Waals surface area contributed by atoms with E-state index in [1.165, 1.54) is 0 Å². The zero-order valence-corrected chi connectivity index (χ0v) is 15.0. The highest BCUT2D eigenvalue weighted by molar-refractivity contribution is 6.30. The van der Waals surface area contributed by atoms with Gasteiger partial charge in [-0.15, -0.1) is 0 Å². The molecule has 0 fully saturated rings. The standard InChI is InChI=1S/C23H16ClNO/c1-17-6-13-23(21(14-17)15-25)26-16-20-5-3-2-4-19(20)10-7-18-8-11-22(24)12-9-18/h2-6,8-9,11-14H,16H2,1H3. The zero-order valence-electron chi connectivity index (χ0n) is 14.3. The SMILES string of the molecule is Cc1ccc(OCc2ccccc2C#Cc2ccc(Cl)cc2)c(C#N)c1. The van der Waals surface area contributed by atoms with E-state index in [4.69, 9.17) is 16.3 Å². The molecule has 0 saturated carbocycles. The van der Waals surface area contributed by atoms with E-state index in [0.29, 0.717) is 22.9 Å². The summed E-state index contributed by atoms with van der Waals surface area (Å²) in [5.41, 5.74) is 4.33. The van der Waals surface area contributed by atoms with Gasteiger partial charge in [0.2, 0.25) is 0 Å². The maximum Gasteiger partial charge on any atom is 0.137 e. The quantitative estimate of drug-likeness (QED) is 0.580. The van der Waals surface area contributed by atoms with Crippen LogP contribution in [0.4, 0.5) is 0 Å². The second-order valence-electron chi connectivity index (χ2n) is 5.81. The minimum absolute atomic E-state index is 0.350. The largest absolute Gasteiger partial charge is 0.487 e. The van der Waals surface area contributed by atoms with Crippen LogP contribution in [0.3, 0.4) is 0 Å². The Balaban J connectivity index is 1.80. The summed E-state index contributed by atoms with van der Waals surface area (Å²) < 4.78 is 5.87. The molecule has 0 aliphatic heterocycles. The van der Waals surface area contributed by atoms with Gasteiger partial charge in [-0.2, -0.15) is 5.26 Å². The molecule has 0 aromatic heterocycles. The number of nitrogens with zero attached hydrogens (tertiary/aromatic N) is 1. The Morgan fingerprint density at radius 1 is 0.923 bits per heavy atom. The van der Waals surface area contributed by atoms with E-state index in [2.05, 4.69) is 17.9 Å². The maximum absolute atomic E-state index is 9.26. The van der Waals surface area contributed by atoms with Crippen LogP contribution in [0.1, 0.15) is 27.8 Å². The Labute approximate surface area is 158 Å². The minimum atomic E-state index is 0.350. The summed E-state index contributed by atoms with van der Waals surface area (Å²) in [6.07, 6.45) is 0. The van der Waals surface area contributed by atoms with Crippen molar-refractivity contribution in [2.45, 2.75) is 13.5 Å². The van der Waals surface area contributed by atoms with Gasteiger partial charge in [0.1, 0.15) is 18.4 Å². The molecule has 0 atom stereocenters. The lowest BCUT2D eigenvalue weighted by atomic mass is 10.1. The van der Waals surface area contributed by atoms with Crippen LogP contribution in [-0.2, 0) is 6.61 Å². The Morgan fingerprint density at radius 3 is 2.46 bits per heavy atom. The molecule has 3 heteroatoms. The fourth-order valence-electron chi connectivity index (χ4n) is 2.45. The number of halogens is 1. The first-order valence-corrected chi connectivity index (χ1v) is 8.52. The smallest absolute Gasteiger partial charge is 0.137 e. The second kappa shape index (κ2) is 8.26. The van der Waals surface area contributed by atoms with Crippen molar-refractivity contribution in [2.24, 2.45) is 0 Å². The Bertz CT molecular complexity index is 1020. The van der Waals surface area contributed by atoms with Gasteiger partial charge < -0.3 is 4.74 Å². The van der Waals surface area contributed by atoms with E-state index in [-0.39, 0.29) is 0 Å². The van der Waals surface area contributed by atoms with E-state index in [1.54, 1.807) is 0 Å². The summed E-state index contributed by atoms with van der Waals surface area (Å²) in [4.78, 5) is 0. The molecular weight excluding hydrogens is 342 g/mol. The highest BCUT2D eigenvalue weighted by Gasteiger charge is 2.06. The first-order chi connectivity index (χ1) is 12.7. The van der Waals surface area contributed by atoms with Crippen molar-refractivity contribution in [1.29, 1.82) is 5.26 Å². The summed E-state index contributed by atoms with van der Waals surface area (Å²) in [6, 6.07) is 23.0. The molecule has 2 nitrogen and oxygen atoms in total. The highest BCUT2D eigenvalue weighted by Crippen LogP contribution is 2.21. The summed E-state index contributed by atoms with van der Waals surface area (Å²) in [6.45, 7) is 2.30. The van der Waals surface area contributed by atoms with E-state index < -0.39 is 0 Å². The van der Waals surface area contributed by atoms with Gasteiger partial charge in [0.05, 0.1) is 5.56 Å². The third-order valence-electron chi connectivity index (χ3n) is 3.84. The van der Waals surface area contributed by atoms with Gasteiger partial charge >= 0.3 is 0 Å². The number of benzene rings is 3. The maximum atomic E-state index is 9.26. The molecular formula is C23H16ClNO. The third kappa shape index (κ3) is 4.45. The number of hydrogen-bond donors (Lipinski definition) is 0. The lowest BCUT2D eigenvalue weighted by Crippen LogP contribution is -2.00. The Kier molecular flexibility index (Phi) is 5.59. The predicted octanol–water partition coefficient (Wildman–Crippen LogP) is 5.50. The average molecular weight is 358 g/mol. The van der Waals surface area contributed by atoms with E-state index in [9.17, 15) is 5.26 Å². The molecule has 0 aliphatic rings.